The summed E-state index contributed by atoms with van der Waals surface area (Å²) >= 11 is 0. The minimum absolute atomic E-state index is 0.124. The molecule has 0 aromatic rings. The number of ether oxygens (including phenoxy) is 1. The zero-order chi connectivity index (χ0) is 14.5. The van der Waals surface area contributed by atoms with E-state index in [1.807, 2.05) is 6.07 Å². The lowest BCUT2D eigenvalue weighted by molar-refractivity contribution is -0.149. The van der Waals surface area contributed by atoms with E-state index < -0.39 is 21.2 Å². The summed E-state index contributed by atoms with van der Waals surface area (Å²) in [6, 6.07) is 1.81. The fraction of sp³-hybridized carbons (Fsp3) is 0.833. The number of sulfonamides is 1. The van der Waals surface area contributed by atoms with Crippen LogP contribution in [0.15, 0.2) is 0 Å². The molecule has 1 rings (SSSR count). The fourth-order valence-corrected chi connectivity index (χ4v) is 3.86. The number of esters is 1. The van der Waals surface area contributed by atoms with Crippen molar-refractivity contribution >= 4 is 16.0 Å². The summed E-state index contributed by atoms with van der Waals surface area (Å²) in [5.41, 5.74) is 0. The second kappa shape index (κ2) is 6.87. The summed E-state index contributed by atoms with van der Waals surface area (Å²) < 4.78 is 30.6. The van der Waals surface area contributed by atoms with Gasteiger partial charge in [0.05, 0.1) is 18.6 Å². The molecule has 0 spiro atoms. The van der Waals surface area contributed by atoms with Gasteiger partial charge in [0.25, 0.3) is 0 Å². The van der Waals surface area contributed by atoms with Gasteiger partial charge >= 0.3 is 5.97 Å². The summed E-state index contributed by atoms with van der Waals surface area (Å²) in [6.45, 7) is 4.17. The number of hydrogen-bond acceptors (Lipinski definition) is 5. The number of hydrogen-bond donors (Lipinski definition) is 0. The molecule has 0 aliphatic carbocycles. The minimum atomic E-state index is -3.64. The summed E-state index contributed by atoms with van der Waals surface area (Å²) in [6.07, 6.45) is 1.50. The van der Waals surface area contributed by atoms with Gasteiger partial charge in [-0.25, -0.2) is 8.42 Å². The van der Waals surface area contributed by atoms with Crippen molar-refractivity contribution in [3.05, 3.63) is 0 Å². The molecule has 0 radical (unpaired) electrons. The third kappa shape index (κ3) is 3.67. The van der Waals surface area contributed by atoms with E-state index >= 15 is 0 Å². The van der Waals surface area contributed by atoms with Crippen molar-refractivity contribution in [1.29, 1.82) is 5.26 Å². The van der Waals surface area contributed by atoms with E-state index in [1.165, 1.54) is 4.31 Å². The highest BCUT2D eigenvalue weighted by Crippen LogP contribution is 2.23. The van der Waals surface area contributed by atoms with Gasteiger partial charge in [-0.1, -0.05) is 6.92 Å². The van der Waals surface area contributed by atoms with E-state index in [9.17, 15) is 13.2 Å². The Bertz CT molecular complexity index is 455. The van der Waals surface area contributed by atoms with Crippen LogP contribution >= 0.6 is 0 Å². The third-order valence-electron chi connectivity index (χ3n) is 3.24. The van der Waals surface area contributed by atoms with Gasteiger partial charge < -0.3 is 4.74 Å². The van der Waals surface area contributed by atoms with Gasteiger partial charge in [0.2, 0.25) is 10.0 Å². The topological polar surface area (TPSA) is 87.5 Å². The van der Waals surface area contributed by atoms with E-state index in [4.69, 9.17) is 10.00 Å². The van der Waals surface area contributed by atoms with Gasteiger partial charge in [-0.2, -0.15) is 9.57 Å². The second-order valence-electron chi connectivity index (χ2n) is 4.52. The van der Waals surface area contributed by atoms with Crippen LogP contribution in [0.1, 0.15) is 33.1 Å². The Balaban J connectivity index is 2.80. The summed E-state index contributed by atoms with van der Waals surface area (Å²) in [4.78, 5) is 11.7. The zero-order valence-corrected chi connectivity index (χ0v) is 12.1. The van der Waals surface area contributed by atoms with Crippen molar-refractivity contribution in [2.24, 2.45) is 5.92 Å². The van der Waals surface area contributed by atoms with Gasteiger partial charge in [-0.05, 0) is 26.2 Å². The van der Waals surface area contributed by atoms with Crippen molar-refractivity contribution in [3.63, 3.8) is 0 Å². The highest BCUT2D eigenvalue weighted by molar-refractivity contribution is 7.90. The molecule has 0 bridgehead atoms. The molecule has 1 aliphatic heterocycles. The lowest BCUT2D eigenvalue weighted by Crippen LogP contribution is -2.46. The molecule has 1 heterocycles. The van der Waals surface area contributed by atoms with E-state index in [1.54, 1.807) is 13.8 Å². The lowest BCUT2D eigenvalue weighted by atomic mass is 10.0. The first-order valence-electron chi connectivity index (χ1n) is 6.52. The Hall–Kier alpha value is -1.13. The quantitative estimate of drug-likeness (QED) is 0.701. The number of nitrogens with zero attached hydrogens (tertiary/aromatic N) is 2. The average molecular weight is 288 g/mol. The molecule has 108 valence electrons. The van der Waals surface area contributed by atoms with Crippen LogP contribution in [0.2, 0.25) is 0 Å². The van der Waals surface area contributed by atoms with Crippen LogP contribution in [0.3, 0.4) is 0 Å². The normalized spacial score (nSPS) is 22.5. The maximum Gasteiger partial charge on any atom is 0.310 e. The Kier molecular flexibility index (Phi) is 5.76. The van der Waals surface area contributed by atoms with Gasteiger partial charge in [0.15, 0.2) is 5.25 Å². The van der Waals surface area contributed by atoms with Crippen molar-refractivity contribution < 1.29 is 17.9 Å². The van der Waals surface area contributed by atoms with E-state index in [0.717, 1.165) is 0 Å². The molecule has 0 aromatic heterocycles. The number of piperidine rings is 1. The summed E-state index contributed by atoms with van der Waals surface area (Å²) in [7, 11) is -3.64. The van der Waals surface area contributed by atoms with Gasteiger partial charge in [-0.3, -0.25) is 4.79 Å². The van der Waals surface area contributed by atoms with Crippen LogP contribution in [-0.4, -0.2) is 43.6 Å². The average Bonchev–Trinajstić information content (AvgIpc) is 2.40. The molecule has 2 unspecified atom stereocenters. The first-order valence-corrected chi connectivity index (χ1v) is 8.02. The van der Waals surface area contributed by atoms with Crippen molar-refractivity contribution in [2.45, 2.75) is 38.4 Å². The van der Waals surface area contributed by atoms with E-state index in [-0.39, 0.29) is 25.5 Å². The SMILES string of the molecule is CCOC(=O)C1CCCN(S(=O)(=O)C(C#N)CC)C1. The molecule has 2 atom stereocenters. The number of carbonyl (C=O) groups excluding carboxylic acids is 1. The maximum atomic E-state index is 12.2. The predicted molar refractivity (Wildman–Crippen MR) is 69.5 cm³/mol. The Morgan fingerprint density at radius 3 is 2.74 bits per heavy atom. The van der Waals surface area contributed by atoms with Crippen LogP contribution < -0.4 is 0 Å². The monoisotopic (exact) mass is 288 g/mol. The van der Waals surface area contributed by atoms with E-state index in [0.29, 0.717) is 19.4 Å². The Labute approximate surface area is 114 Å². The minimum Gasteiger partial charge on any atom is -0.466 e. The van der Waals surface area contributed by atoms with Crippen molar-refractivity contribution in [2.75, 3.05) is 19.7 Å². The molecule has 1 fully saturated rings. The standard InChI is InChI=1S/C12H20N2O4S/c1-3-11(8-13)19(16,17)14-7-5-6-10(9-14)12(15)18-4-2/h10-11H,3-7,9H2,1-2H3. The van der Waals surface area contributed by atoms with Crippen LogP contribution in [0, 0.1) is 17.2 Å². The number of carbonyl (C=O) groups is 1. The predicted octanol–water partition coefficient (Wildman–Crippen LogP) is 0.893. The maximum absolute atomic E-state index is 12.2. The molecule has 1 aliphatic rings. The third-order valence-corrected chi connectivity index (χ3v) is 5.45. The molecule has 6 nitrogen and oxygen atoms in total. The zero-order valence-electron chi connectivity index (χ0n) is 11.3. The number of rotatable bonds is 5. The first-order chi connectivity index (χ1) is 8.97. The molecule has 1 saturated heterocycles. The second-order valence-corrected chi connectivity index (χ2v) is 6.64. The molecule has 0 N–H and O–H groups in total. The van der Waals surface area contributed by atoms with Crippen LogP contribution in [-0.2, 0) is 19.6 Å². The highest BCUT2D eigenvalue weighted by atomic mass is 32.2. The van der Waals surface area contributed by atoms with Crippen LogP contribution in [0.5, 0.6) is 0 Å². The van der Waals surface area contributed by atoms with Gasteiger partial charge in [0, 0.05) is 13.1 Å². The van der Waals surface area contributed by atoms with Crippen molar-refractivity contribution in [3.8, 4) is 6.07 Å². The van der Waals surface area contributed by atoms with Gasteiger partial charge in [0.1, 0.15) is 0 Å². The fourth-order valence-electron chi connectivity index (χ4n) is 2.17. The molecular formula is C12H20N2O4S. The molecule has 0 amide bonds. The smallest absolute Gasteiger partial charge is 0.310 e. The largest absolute Gasteiger partial charge is 0.466 e. The Morgan fingerprint density at radius 1 is 1.53 bits per heavy atom. The van der Waals surface area contributed by atoms with Crippen molar-refractivity contribution in [1.82, 2.24) is 4.31 Å². The molecule has 7 heteroatoms. The molecule has 19 heavy (non-hydrogen) atoms. The molecule has 0 saturated carbocycles. The summed E-state index contributed by atoms with van der Waals surface area (Å²) in [5.74, 6) is -0.771. The number of nitriles is 1. The van der Waals surface area contributed by atoms with Crippen LogP contribution in [0.25, 0.3) is 0 Å². The Morgan fingerprint density at radius 2 is 2.21 bits per heavy atom. The van der Waals surface area contributed by atoms with Crippen LogP contribution in [0.4, 0.5) is 0 Å². The lowest BCUT2D eigenvalue weighted by Gasteiger charge is -2.31. The van der Waals surface area contributed by atoms with E-state index in [2.05, 4.69) is 0 Å². The van der Waals surface area contributed by atoms with Gasteiger partial charge in [-0.15, -0.1) is 0 Å². The summed E-state index contributed by atoms with van der Waals surface area (Å²) in [5, 5.41) is 7.87. The molecular weight excluding hydrogens is 268 g/mol. The highest BCUT2D eigenvalue weighted by Gasteiger charge is 2.36. The molecule has 0 aromatic carbocycles. The first kappa shape index (κ1) is 15.9.